The quantitative estimate of drug-likeness (QED) is 0.725. The van der Waals surface area contributed by atoms with E-state index in [0.717, 1.165) is 12.1 Å². The fraction of sp³-hybridized carbons (Fsp3) is 0.467. The normalized spacial score (nSPS) is 14.8. The first-order chi connectivity index (χ1) is 10.2. The number of anilines is 1. The highest BCUT2D eigenvalue weighted by molar-refractivity contribution is 6.39. The topological polar surface area (TPSA) is 78.4 Å². The van der Waals surface area contributed by atoms with Crippen LogP contribution in [0.15, 0.2) is 18.2 Å². The van der Waals surface area contributed by atoms with Crippen LogP contribution in [0.25, 0.3) is 0 Å². The Bertz CT molecular complexity index is 562. The maximum Gasteiger partial charge on any atom is 0.313 e. The Kier molecular flexibility index (Phi) is 5.99. The predicted octanol–water partition coefficient (Wildman–Crippen LogP) is 1.82. The molecule has 0 saturated heterocycles. The average Bonchev–Trinajstić information content (AvgIpc) is 2.48. The van der Waals surface area contributed by atoms with Gasteiger partial charge >= 0.3 is 11.8 Å². The largest absolute Gasteiger partial charge is 0.388 e. The van der Waals surface area contributed by atoms with Crippen molar-refractivity contribution in [1.29, 1.82) is 0 Å². The number of nitrogens with one attached hydrogen (secondary N) is 2. The molecule has 0 aromatic heterocycles. The summed E-state index contributed by atoms with van der Waals surface area (Å²) < 4.78 is 26.4. The zero-order valence-corrected chi connectivity index (χ0v) is 12.7. The van der Waals surface area contributed by atoms with Crippen molar-refractivity contribution in [2.75, 3.05) is 11.9 Å². The maximum absolute atomic E-state index is 13.4. The van der Waals surface area contributed by atoms with Gasteiger partial charge in [-0.25, -0.2) is 8.78 Å². The fourth-order valence-corrected chi connectivity index (χ4v) is 1.73. The Morgan fingerprint density at radius 1 is 1.32 bits per heavy atom. The molecule has 0 aliphatic carbocycles. The Morgan fingerprint density at radius 3 is 2.55 bits per heavy atom. The monoisotopic (exact) mass is 314 g/mol. The van der Waals surface area contributed by atoms with E-state index in [1.165, 1.54) is 6.07 Å². The highest BCUT2D eigenvalue weighted by Gasteiger charge is 2.28. The molecule has 0 bridgehead atoms. The van der Waals surface area contributed by atoms with E-state index in [9.17, 15) is 23.5 Å². The lowest BCUT2D eigenvalue weighted by Gasteiger charge is -2.29. The summed E-state index contributed by atoms with van der Waals surface area (Å²) in [6, 6.07) is 3.24. The second kappa shape index (κ2) is 7.31. The Balaban J connectivity index is 2.63. The number of carbonyl (C=O) groups excluding carboxylic acids is 2. The number of hydrogen-bond acceptors (Lipinski definition) is 3. The van der Waals surface area contributed by atoms with Gasteiger partial charge in [-0.05, 0) is 25.0 Å². The van der Waals surface area contributed by atoms with Gasteiger partial charge in [-0.15, -0.1) is 0 Å². The number of hydrogen-bond donors (Lipinski definition) is 3. The number of aliphatic hydroxyl groups is 1. The third-order valence-corrected chi connectivity index (χ3v) is 3.69. The van der Waals surface area contributed by atoms with Crippen LogP contribution in [0.4, 0.5) is 14.5 Å². The van der Waals surface area contributed by atoms with E-state index in [4.69, 9.17) is 0 Å². The second-order valence-corrected chi connectivity index (χ2v) is 5.40. The zero-order valence-electron chi connectivity index (χ0n) is 12.7. The molecule has 122 valence electrons. The summed E-state index contributed by atoms with van der Waals surface area (Å²) >= 11 is 0. The lowest BCUT2D eigenvalue weighted by Crippen LogP contribution is -2.47. The van der Waals surface area contributed by atoms with Crippen molar-refractivity contribution in [2.24, 2.45) is 5.92 Å². The highest BCUT2D eigenvalue weighted by Crippen LogP contribution is 2.19. The summed E-state index contributed by atoms with van der Waals surface area (Å²) in [5.74, 6) is -4.62. The molecule has 0 radical (unpaired) electrons. The third kappa shape index (κ3) is 4.49. The number of halogens is 2. The molecule has 0 saturated carbocycles. The fourth-order valence-electron chi connectivity index (χ4n) is 1.73. The van der Waals surface area contributed by atoms with Crippen molar-refractivity contribution in [3.8, 4) is 0 Å². The molecule has 0 aliphatic heterocycles. The van der Waals surface area contributed by atoms with Gasteiger partial charge in [-0.1, -0.05) is 26.3 Å². The van der Waals surface area contributed by atoms with Gasteiger partial charge in [-0.2, -0.15) is 0 Å². The van der Waals surface area contributed by atoms with Crippen LogP contribution in [-0.2, 0) is 9.59 Å². The molecule has 22 heavy (non-hydrogen) atoms. The van der Waals surface area contributed by atoms with Gasteiger partial charge in [0.15, 0.2) is 11.6 Å². The summed E-state index contributed by atoms with van der Waals surface area (Å²) in [5, 5.41) is 14.4. The molecule has 3 N–H and O–H groups in total. The van der Waals surface area contributed by atoms with Gasteiger partial charge in [0.2, 0.25) is 0 Å². The van der Waals surface area contributed by atoms with Crippen molar-refractivity contribution in [1.82, 2.24) is 5.32 Å². The second-order valence-electron chi connectivity index (χ2n) is 5.40. The molecule has 1 rings (SSSR count). The van der Waals surface area contributed by atoms with Gasteiger partial charge in [0.25, 0.3) is 0 Å². The third-order valence-electron chi connectivity index (χ3n) is 3.69. The Morgan fingerprint density at radius 2 is 1.95 bits per heavy atom. The minimum atomic E-state index is -1.24. The van der Waals surface area contributed by atoms with Crippen LogP contribution in [0, 0.1) is 17.6 Å². The molecule has 2 atom stereocenters. The van der Waals surface area contributed by atoms with Crippen LogP contribution in [0.1, 0.15) is 27.2 Å². The zero-order chi connectivity index (χ0) is 16.9. The highest BCUT2D eigenvalue weighted by atomic mass is 19.2. The van der Waals surface area contributed by atoms with Crippen LogP contribution in [0.5, 0.6) is 0 Å². The van der Waals surface area contributed by atoms with Gasteiger partial charge in [0.05, 0.1) is 11.3 Å². The maximum atomic E-state index is 13.4. The number of rotatable bonds is 5. The molecule has 0 unspecified atom stereocenters. The Labute approximate surface area is 127 Å². The van der Waals surface area contributed by atoms with Gasteiger partial charge in [-0.3, -0.25) is 9.59 Å². The van der Waals surface area contributed by atoms with Crippen molar-refractivity contribution >= 4 is 17.5 Å². The Hall–Kier alpha value is -2.02. The van der Waals surface area contributed by atoms with E-state index in [-0.39, 0.29) is 12.5 Å². The van der Waals surface area contributed by atoms with E-state index in [0.29, 0.717) is 6.42 Å². The van der Waals surface area contributed by atoms with Crippen LogP contribution in [0.3, 0.4) is 0 Å². The van der Waals surface area contributed by atoms with Crippen molar-refractivity contribution in [3.63, 3.8) is 0 Å². The average molecular weight is 314 g/mol. The molecular formula is C15H20F2N2O3. The molecule has 7 heteroatoms. The first kappa shape index (κ1) is 18.0. The van der Waals surface area contributed by atoms with E-state index >= 15 is 0 Å². The first-order valence-electron chi connectivity index (χ1n) is 6.94. The molecule has 0 heterocycles. The predicted molar refractivity (Wildman–Crippen MR) is 78.1 cm³/mol. The molecule has 0 fully saturated rings. The van der Waals surface area contributed by atoms with Crippen molar-refractivity contribution in [3.05, 3.63) is 29.8 Å². The smallest absolute Gasteiger partial charge is 0.313 e. The summed E-state index contributed by atoms with van der Waals surface area (Å²) in [6.45, 7) is 5.13. The van der Waals surface area contributed by atoms with Crippen molar-refractivity contribution in [2.45, 2.75) is 32.8 Å². The van der Waals surface area contributed by atoms with Gasteiger partial charge in [0.1, 0.15) is 0 Å². The lowest BCUT2D eigenvalue weighted by atomic mass is 9.89. The van der Waals surface area contributed by atoms with Crippen LogP contribution >= 0.6 is 0 Å². The SMILES string of the molecule is CC[C@@H](C)[C@](C)(O)CNC(=O)C(=O)Nc1cccc(F)c1F. The minimum Gasteiger partial charge on any atom is -0.388 e. The molecule has 5 nitrogen and oxygen atoms in total. The summed E-state index contributed by atoms with van der Waals surface area (Å²) in [6.07, 6.45) is 0.698. The molecule has 0 spiro atoms. The summed E-state index contributed by atoms with van der Waals surface area (Å²) in [7, 11) is 0. The molecule has 0 aliphatic rings. The summed E-state index contributed by atoms with van der Waals surface area (Å²) in [4.78, 5) is 23.3. The van der Waals surface area contributed by atoms with E-state index in [1.807, 2.05) is 19.2 Å². The molecule has 2 amide bonds. The molecule has 1 aromatic carbocycles. The van der Waals surface area contributed by atoms with Crippen LogP contribution < -0.4 is 10.6 Å². The van der Waals surface area contributed by atoms with E-state index in [1.54, 1.807) is 6.92 Å². The van der Waals surface area contributed by atoms with E-state index in [2.05, 4.69) is 5.32 Å². The number of amides is 2. The van der Waals surface area contributed by atoms with Crippen molar-refractivity contribution < 1.29 is 23.5 Å². The standard InChI is InChI=1S/C15H20F2N2O3/c1-4-9(2)15(3,22)8-18-13(20)14(21)19-11-7-5-6-10(16)12(11)17/h5-7,9,22H,4,8H2,1-3H3,(H,18,20)(H,19,21)/t9-,15-/m1/s1. The number of carbonyl (C=O) groups is 2. The number of benzene rings is 1. The summed E-state index contributed by atoms with van der Waals surface area (Å²) in [5.41, 5.74) is -1.59. The minimum absolute atomic E-state index is 0.0866. The molecule has 1 aromatic rings. The van der Waals surface area contributed by atoms with E-state index < -0.39 is 34.7 Å². The van der Waals surface area contributed by atoms with Gasteiger partial charge in [0, 0.05) is 6.54 Å². The van der Waals surface area contributed by atoms with Crippen LogP contribution in [-0.4, -0.2) is 29.1 Å². The first-order valence-corrected chi connectivity index (χ1v) is 6.94. The molecular weight excluding hydrogens is 294 g/mol. The van der Waals surface area contributed by atoms with Crippen LogP contribution in [0.2, 0.25) is 0 Å². The van der Waals surface area contributed by atoms with Gasteiger partial charge < -0.3 is 15.7 Å². The lowest BCUT2D eigenvalue weighted by molar-refractivity contribution is -0.137.